The normalized spacial score (nSPS) is 23.5. The Bertz CT molecular complexity index is 774. The van der Waals surface area contributed by atoms with Crippen LogP contribution in [0.1, 0.15) is 43.7 Å². The molecule has 2 fully saturated rings. The predicted molar refractivity (Wildman–Crippen MR) is 104 cm³/mol. The fourth-order valence-corrected chi connectivity index (χ4v) is 3.94. The third kappa shape index (κ3) is 4.78. The van der Waals surface area contributed by atoms with Crippen molar-refractivity contribution < 1.29 is 9.53 Å². The van der Waals surface area contributed by atoms with Crippen LogP contribution in [0.25, 0.3) is 0 Å². The number of aromatic amines is 1. The van der Waals surface area contributed by atoms with Gasteiger partial charge in [0, 0.05) is 29.9 Å². The highest BCUT2D eigenvalue weighted by molar-refractivity contribution is 5.67. The number of nitrogens with zero attached hydrogens (tertiary/aromatic N) is 4. The number of piperidine rings is 1. The molecule has 1 saturated carbocycles. The van der Waals surface area contributed by atoms with E-state index in [0.29, 0.717) is 17.6 Å². The van der Waals surface area contributed by atoms with Gasteiger partial charge in [0.05, 0.1) is 0 Å². The van der Waals surface area contributed by atoms with Crippen molar-refractivity contribution in [2.75, 3.05) is 25.5 Å². The van der Waals surface area contributed by atoms with E-state index in [9.17, 15) is 4.79 Å². The first-order valence-corrected chi connectivity index (χ1v) is 9.91. The van der Waals surface area contributed by atoms with E-state index in [1.807, 2.05) is 18.2 Å². The van der Waals surface area contributed by atoms with Crippen molar-refractivity contribution in [2.24, 2.45) is 0 Å². The number of hydrogen-bond acceptors (Lipinski definition) is 7. The lowest BCUT2D eigenvalue weighted by molar-refractivity contribution is 0.0932. The molecule has 9 heteroatoms. The molecule has 3 N–H and O–H groups in total. The fraction of sp³-hybridized carbons (Fsp3) is 0.579. The molecule has 2 atom stereocenters. The average Bonchev–Trinajstić information content (AvgIpc) is 3.34. The van der Waals surface area contributed by atoms with Gasteiger partial charge in [0.25, 0.3) is 0 Å². The third-order valence-corrected chi connectivity index (χ3v) is 5.56. The Morgan fingerprint density at radius 2 is 2.11 bits per heavy atom. The largest absolute Gasteiger partial charge is 0.446 e. The summed E-state index contributed by atoms with van der Waals surface area (Å²) in [5.74, 6) is 1.67. The average molecular weight is 385 g/mol. The van der Waals surface area contributed by atoms with Crippen LogP contribution in [0.3, 0.4) is 0 Å². The Morgan fingerprint density at radius 1 is 1.25 bits per heavy atom. The van der Waals surface area contributed by atoms with Crippen LogP contribution in [0.4, 0.5) is 16.4 Å². The van der Waals surface area contributed by atoms with Crippen molar-refractivity contribution in [3.05, 3.63) is 30.1 Å². The summed E-state index contributed by atoms with van der Waals surface area (Å²) in [5.41, 5.74) is 1.05. The summed E-state index contributed by atoms with van der Waals surface area (Å²) < 4.78 is 5.66. The van der Waals surface area contributed by atoms with E-state index in [4.69, 9.17) is 4.74 Å². The number of hydrogen-bond donors (Lipinski definition) is 3. The lowest BCUT2D eigenvalue weighted by atomic mass is 10.0. The maximum absolute atomic E-state index is 12.2. The van der Waals surface area contributed by atoms with Gasteiger partial charge in [0.1, 0.15) is 6.10 Å². The number of alkyl carbamates (subject to hydrolysis) is 1. The minimum Gasteiger partial charge on any atom is -0.446 e. The number of likely N-dealkylation sites (tertiary alicyclic amines) is 1. The number of anilines is 2. The Balaban J connectivity index is 1.24. The molecule has 28 heavy (non-hydrogen) atoms. The van der Waals surface area contributed by atoms with Crippen molar-refractivity contribution in [3.8, 4) is 0 Å². The van der Waals surface area contributed by atoms with E-state index in [2.05, 4.69) is 43.0 Å². The van der Waals surface area contributed by atoms with E-state index >= 15 is 0 Å². The minimum absolute atomic E-state index is 0.0454. The van der Waals surface area contributed by atoms with E-state index in [0.717, 1.165) is 50.9 Å². The van der Waals surface area contributed by atoms with Crippen molar-refractivity contribution in [2.45, 2.75) is 50.2 Å². The second-order valence-corrected chi connectivity index (χ2v) is 7.70. The Hall–Kier alpha value is -2.68. The first-order valence-electron chi connectivity index (χ1n) is 9.91. The van der Waals surface area contributed by atoms with Gasteiger partial charge in [-0.3, -0.25) is 5.10 Å². The molecule has 2 aromatic heterocycles. The molecule has 4 rings (SSSR count). The molecule has 1 aliphatic heterocycles. The SMILES string of the molecule is CN1CCC(NC(=O)O[C@@H]2CC[C@H](c3cc(Nc4cccnn4)n[nH]3)C2)CC1. The molecule has 2 aliphatic rings. The highest BCUT2D eigenvalue weighted by Crippen LogP contribution is 2.36. The molecule has 0 aromatic carbocycles. The van der Waals surface area contributed by atoms with Gasteiger partial charge in [-0.05, 0) is 64.4 Å². The zero-order valence-electron chi connectivity index (χ0n) is 16.1. The zero-order chi connectivity index (χ0) is 19.3. The standard InChI is InChI=1S/C19H27N7O2/c1-26-9-6-14(7-10-26)21-19(27)28-15-5-4-13(11-15)16-12-18(25-23-16)22-17-3-2-8-20-24-17/h2-3,8,12-15H,4-7,9-11H2,1H3,(H,21,27)(H2,22,23,24,25)/t13-,15+/m0/s1. The minimum atomic E-state index is -0.283. The first kappa shape index (κ1) is 18.7. The van der Waals surface area contributed by atoms with Gasteiger partial charge in [0.2, 0.25) is 0 Å². The van der Waals surface area contributed by atoms with Crippen molar-refractivity contribution in [1.82, 2.24) is 30.6 Å². The van der Waals surface area contributed by atoms with Crippen LogP contribution in [-0.2, 0) is 4.74 Å². The molecule has 1 saturated heterocycles. The number of H-pyrrole nitrogens is 1. The Labute approximate surface area is 164 Å². The molecule has 0 bridgehead atoms. The summed E-state index contributed by atoms with van der Waals surface area (Å²) in [6.07, 6.45) is 5.92. The van der Waals surface area contributed by atoms with Crippen LogP contribution < -0.4 is 10.6 Å². The van der Waals surface area contributed by atoms with Gasteiger partial charge in [-0.25, -0.2) is 4.79 Å². The summed E-state index contributed by atoms with van der Waals surface area (Å²) in [6, 6.07) is 5.87. The number of rotatable bonds is 5. The van der Waals surface area contributed by atoms with E-state index in [1.165, 1.54) is 0 Å². The second-order valence-electron chi connectivity index (χ2n) is 7.70. The molecule has 0 spiro atoms. The quantitative estimate of drug-likeness (QED) is 0.725. The maximum Gasteiger partial charge on any atom is 0.407 e. The first-order chi connectivity index (χ1) is 13.7. The molecule has 0 radical (unpaired) electrons. The molecule has 1 amide bonds. The number of carbonyl (C=O) groups excluding carboxylic acids is 1. The Kier molecular flexibility index (Phi) is 5.70. The second kappa shape index (κ2) is 8.55. The van der Waals surface area contributed by atoms with Crippen LogP contribution in [0.15, 0.2) is 24.4 Å². The summed E-state index contributed by atoms with van der Waals surface area (Å²) >= 11 is 0. The van der Waals surface area contributed by atoms with E-state index < -0.39 is 0 Å². The van der Waals surface area contributed by atoms with Gasteiger partial charge >= 0.3 is 6.09 Å². The van der Waals surface area contributed by atoms with Gasteiger partial charge in [0.15, 0.2) is 11.6 Å². The van der Waals surface area contributed by atoms with Crippen LogP contribution in [0, 0.1) is 0 Å². The molecule has 2 aromatic rings. The summed E-state index contributed by atoms with van der Waals surface area (Å²) in [4.78, 5) is 14.5. The lowest BCUT2D eigenvalue weighted by Gasteiger charge is -2.29. The van der Waals surface area contributed by atoms with Crippen LogP contribution >= 0.6 is 0 Å². The monoisotopic (exact) mass is 385 g/mol. The fourth-order valence-electron chi connectivity index (χ4n) is 3.94. The molecule has 3 heterocycles. The molecular weight excluding hydrogens is 358 g/mol. The van der Waals surface area contributed by atoms with Crippen molar-refractivity contribution in [3.63, 3.8) is 0 Å². The predicted octanol–water partition coefficient (Wildman–Crippen LogP) is 2.40. The van der Waals surface area contributed by atoms with Gasteiger partial charge in [-0.2, -0.15) is 10.2 Å². The number of nitrogens with one attached hydrogen (secondary N) is 3. The maximum atomic E-state index is 12.2. The molecule has 1 aliphatic carbocycles. The summed E-state index contributed by atoms with van der Waals surface area (Å²) in [5, 5.41) is 21.4. The topological polar surface area (TPSA) is 108 Å². The number of ether oxygens (including phenoxy) is 1. The van der Waals surface area contributed by atoms with Crippen molar-refractivity contribution in [1.29, 1.82) is 0 Å². The lowest BCUT2D eigenvalue weighted by Crippen LogP contribution is -2.44. The van der Waals surface area contributed by atoms with E-state index in [1.54, 1.807) is 6.20 Å². The summed E-state index contributed by atoms with van der Waals surface area (Å²) in [6.45, 7) is 2.03. The molecular formula is C19H27N7O2. The van der Waals surface area contributed by atoms with Crippen LogP contribution in [0.2, 0.25) is 0 Å². The highest BCUT2D eigenvalue weighted by atomic mass is 16.6. The number of carbonyl (C=O) groups is 1. The smallest absolute Gasteiger partial charge is 0.407 e. The third-order valence-electron chi connectivity index (χ3n) is 5.56. The van der Waals surface area contributed by atoms with Gasteiger partial charge in [-0.1, -0.05) is 0 Å². The summed E-state index contributed by atoms with van der Waals surface area (Å²) in [7, 11) is 2.11. The van der Waals surface area contributed by atoms with Crippen LogP contribution in [-0.4, -0.2) is 63.7 Å². The zero-order valence-corrected chi connectivity index (χ0v) is 16.1. The highest BCUT2D eigenvalue weighted by Gasteiger charge is 2.30. The number of aromatic nitrogens is 4. The molecule has 0 unspecified atom stereocenters. The molecule has 150 valence electrons. The van der Waals surface area contributed by atoms with Gasteiger partial charge < -0.3 is 20.3 Å². The number of amides is 1. The van der Waals surface area contributed by atoms with Crippen molar-refractivity contribution >= 4 is 17.7 Å². The van der Waals surface area contributed by atoms with E-state index in [-0.39, 0.29) is 18.2 Å². The molecule has 9 nitrogen and oxygen atoms in total. The van der Waals surface area contributed by atoms with Crippen LogP contribution in [0.5, 0.6) is 0 Å². The van der Waals surface area contributed by atoms with Gasteiger partial charge in [-0.15, -0.1) is 5.10 Å². The Morgan fingerprint density at radius 3 is 2.89 bits per heavy atom.